The molecule has 5 heteroatoms. The molecule has 0 aliphatic rings. The first-order valence-corrected chi connectivity index (χ1v) is 5.69. The number of aliphatic carboxylic acids is 1. The number of hydrogen-bond acceptors (Lipinski definition) is 3. The van der Waals surface area contributed by atoms with Gasteiger partial charge in [0.2, 0.25) is 0 Å². The Bertz CT molecular complexity index is 299. The lowest BCUT2D eigenvalue weighted by atomic mass is 10.5. The lowest BCUT2D eigenvalue weighted by Gasteiger charge is -2.03. The van der Waals surface area contributed by atoms with E-state index in [2.05, 4.69) is 5.10 Å². The normalized spacial score (nSPS) is 10.4. The molecule has 0 bridgehead atoms. The number of aromatic nitrogens is 2. The van der Waals surface area contributed by atoms with E-state index < -0.39 is 5.97 Å². The van der Waals surface area contributed by atoms with Crippen molar-refractivity contribution in [2.24, 2.45) is 0 Å². The van der Waals surface area contributed by atoms with Crippen LogP contribution in [0.5, 0.6) is 0 Å². The Hall–Kier alpha value is -0.970. The van der Waals surface area contributed by atoms with Crippen LogP contribution in [-0.4, -0.2) is 26.6 Å². The average molecular weight is 214 g/mol. The molecule has 14 heavy (non-hydrogen) atoms. The second-order valence-electron chi connectivity index (χ2n) is 2.83. The third-order valence-corrected chi connectivity index (χ3v) is 2.81. The van der Waals surface area contributed by atoms with Crippen LogP contribution < -0.4 is 0 Å². The van der Waals surface area contributed by atoms with Gasteiger partial charge in [0.05, 0.1) is 6.42 Å². The number of hydrogen-bond donors (Lipinski definition) is 1. The van der Waals surface area contributed by atoms with E-state index in [9.17, 15) is 4.79 Å². The second kappa shape index (κ2) is 5.70. The van der Waals surface area contributed by atoms with Crippen molar-refractivity contribution in [3.8, 4) is 0 Å². The highest BCUT2D eigenvalue weighted by Crippen LogP contribution is 2.12. The molecule has 0 saturated carbocycles. The van der Waals surface area contributed by atoms with Crippen molar-refractivity contribution in [1.29, 1.82) is 0 Å². The van der Waals surface area contributed by atoms with Crippen LogP contribution in [0.1, 0.15) is 19.0 Å². The van der Waals surface area contributed by atoms with Crippen LogP contribution in [-0.2, 0) is 17.1 Å². The van der Waals surface area contributed by atoms with Crippen molar-refractivity contribution in [3.05, 3.63) is 18.0 Å². The van der Waals surface area contributed by atoms with Gasteiger partial charge in [0.15, 0.2) is 0 Å². The lowest BCUT2D eigenvalue weighted by Crippen LogP contribution is -2.02. The van der Waals surface area contributed by atoms with Crippen molar-refractivity contribution >= 4 is 17.7 Å². The van der Waals surface area contributed by atoms with Crippen molar-refractivity contribution in [2.45, 2.75) is 25.6 Å². The maximum Gasteiger partial charge on any atom is 0.304 e. The first kappa shape index (κ1) is 11.1. The second-order valence-corrected chi connectivity index (χ2v) is 3.94. The molecule has 0 spiro atoms. The first-order valence-electron chi connectivity index (χ1n) is 4.54. The molecular weight excluding hydrogens is 200 g/mol. The number of rotatable bonds is 6. The number of nitrogens with zero attached hydrogens (tertiary/aromatic N) is 2. The predicted molar refractivity (Wildman–Crippen MR) is 56.3 cm³/mol. The van der Waals surface area contributed by atoms with Crippen LogP contribution in [0.25, 0.3) is 0 Å². The van der Waals surface area contributed by atoms with Gasteiger partial charge in [-0.25, -0.2) is 0 Å². The van der Waals surface area contributed by atoms with E-state index in [1.165, 1.54) is 0 Å². The average Bonchev–Trinajstić information content (AvgIpc) is 2.59. The van der Waals surface area contributed by atoms with E-state index in [4.69, 9.17) is 5.11 Å². The molecule has 0 saturated heterocycles. The molecule has 1 aromatic rings. The van der Waals surface area contributed by atoms with Crippen LogP contribution in [0.15, 0.2) is 12.3 Å². The van der Waals surface area contributed by atoms with Crippen LogP contribution in [0.4, 0.5) is 0 Å². The topological polar surface area (TPSA) is 55.1 Å². The fourth-order valence-corrected chi connectivity index (χ4v) is 2.02. The van der Waals surface area contributed by atoms with Crippen molar-refractivity contribution in [2.75, 3.05) is 5.75 Å². The van der Waals surface area contributed by atoms with E-state index in [0.29, 0.717) is 5.75 Å². The van der Waals surface area contributed by atoms with Crippen molar-refractivity contribution < 1.29 is 9.90 Å². The maximum absolute atomic E-state index is 10.3. The summed E-state index contributed by atoms with van der Waals surface area (Å²) in [7, 11) is 0. The molecule has 1 heterocycles. The number of carboxylic acid groups (broad SMARTS) is 1. The number of carboxylic acids is 1. The Morgan fingerprint density at radius 1 is 1.71 bits per heavy atom. The molecule has 1 N–H and O–H groups in total. The first-order chi connectivity index (χ1) is 6.74. The summed E-state index contributed by atoms with van der Waals surface area (Å²) in [6, 6.07) is 1.97. The Morgan fingerprint density at radius 2 is 2.50 bits per heavy atom. The van der Waals surface area contributed by atoms with Gasteiger partial charge in [-0.15, -0.1) is 0 Å². The molecule has 0 atom stereocenters. The minimum atomic E-state index is -0.735. The Morgan fingerprint density at radius 3 is 3.14 bits per heavy atom. The largest absolute Gasteiger partial charge is 0.481 e. The molecule has 1 rings (SSSR count). The Balaban J connectivity index is 2.27. The number of carbonyl (C=O) groups is 1. The van der Waals surface area contributed by atoms with Crippen LogP contribution in [0.3, 0.4) is 0 Å². The van der Waals surface area contributed by atoms with E-state index in [0.717, 1.165) is 18.0 Å². The monoisotopic (exact) mass is 214 g/mol. The summed E-state index contributed by atoms with van der Waals surface area (Å²) in [4.78, 5) is 10.3. The van der Waals surface area contributed by atoms with E-state index in [1.807, 2.05) is 17.7 Å². The fraction of sp³-hybridized carbons (Fsp3) is 0.556. The van der Waals surface area contributed by atoms with E-state index in [1.54, 1.807) is 18.0 Å². The standard InChI is InChI=1S/C9H14N2O2S/c1-2-11-8(3-5-10-11)7-14-6-4-9(12)13/h3,5H,2,4,6-7H2,1H3,(H,12,13). The lowest BCUT2D eigenvalue weighted by molar-refractivity contribution is -0.136. The highest BCUT2D eigenvalue weighted by molar-refractivity contribution is 7.98. The third-order valence-electron chi connectivity index (χ3n) is 1.81. The molecule has 1 aromatic heterocycles. The van der Waals surface area contributed by atoms with Crippen molar-refractivity contribution in [1.82, 2.24) is 9.78 Å². The molecule has 0 fully saturated rings. The molecule has 0 aliphatic heterocycles. The molecule has 0 aliphatic carbocycles. The SMILES string of the molecule is CCn1nccc1CSCCC(=O)O. The molecule has 0 aromatic carbocycles. The van der Waals surface area contributed by atoms with Gasteiger partial charge in [-0.05, 0) is 13.0 Å². The number of thioether (sulfide) groups is 1. The zero-order chi connectivity index (χ0) is 10.4. The summed E-state index contributed by atoms with van der Waals surface area (Å²) in [5.74, 6) is 0.757. The molecule has 4 nitrogen and oxygen atoms in total. The summed E-state index contributed by atoms with van der Waals surface area (Å²) in [5.41, 5.74) is 1.16. The zero-order valence-electron chi connectivity index (χ0n) is 8.14. The highest BCUT2D eigenvalue weighted by atomic mass is 32.2. The van der Waals surface area contributed by atoms with Crippen LogP contribution >= 0.6 is 11.8 Å². The summed E-state index contributed by atoms with van der Waals surface area (Å²) in [5, 5.41) is 12.6. The molecule has 78 valence electrons. The van der Waals surface area contributed by atoms with Crippen LogP contribution in [0.2, 0.25) is 0 Å². The zero-order valence-corrected chi connectivity index (χ0v) is 8.96. The smallest absolute Gasteiger partial charge is 0.304 e. The summed E-state index contributed by atoms with van der Waals surface area (Å²) >= 11 is 1.63. The van der Waals surface area contributed by atoms with E-state index in [-0.39, 0.29) is 6.42 Å². The third kappa shape index (κ3) is 3.41. The van der Waals surface area contributed by atoms with Gasteiger partial charge in [-0.3, -0.25) is 9.48 Å². The van der Waals surface area contributed by atoms with Gasteiger partial charge in [-0.1, -0.05) is 0 Å². The maximum atomic E-state index is 10.3. The predicted octanol–water partition coefficient (Wildman–Crippen LogP) is 1.61. The minimum Gasteiger partial charge on any atom is -0.481 e. The molecule has 0 amide bonds. The van der Waals surface area contributed by atoms with Gasteiger partial charge in [-0.2, -0.15) is 16.9 Å². The Kier molecular flexibility index (Phi) is 4.52. The van der Waals surface area contributed by atoms with E-state index >= 15 is 0 Å². The fourth-order valence-electron chi connectivity index (χ4n) is 1.10. The van der Waals surface area contributed by atoms with Gasteiger partial charge >= 0.3 is 5.97 Å². The Labute approximate surface area is 87.3 Å². The van der Waals surface area contributed by atoms with Gasteiger partial charge in [0.25, 0.3) is 0 Å². The van der Waals surface area contributed by atoms with Gasteiger partial charge in [0.1, 0.15) is 0 Å². The van der Waals surface area contributed by atoms with Crippen molar-refractivity contribution in [3.63, 3.8) is 0 Å². The summed E-state index contributed by atoms with van der Waals surface area (Å²) in [6.07, 6.45) is 2.00. The quantitative estimate of drug-likeness (QED) is 0.731. The number of aryl methyl sites for hydroxylation is 1. The van der Waals surface area contributed by atoms with Gasteiger partial charge in [0, 0.05) is 29.9 Å². The minimum absolute atomic E-state index is 0.227. The van der Waals surface area contributed by atoms with Crippen LogP contribution in [0, 0.1) is 0 Å². The summed E-state index contributed by atoms with van der Waals surface area (Å²) < 4.78 is 1.92. The van der Waals surface area contributed by atoms with Gasteiger partial charge < -0.3 is 5.11 Å². The molecule has 0 unspecified atom stereocenters. The highest BCUT2D eigenvalue weighted by Gasteiger charge is 2.01. The molecule has 0 radical (unpaired) electrons. The molecular formula is C9H14N2O2S. The summed E-state index contributed by atoms with van der Waals surface area (Å²) in [6.45, 7) is 2.90.